The Kier molecular flexibility index (Phi) is 5.74. The van der Waals surface area contributed by atoms with Gasteiger partial charge in [0.15, 0.2) is 5.60 Å². The molecule has 2 aromatic carbocycles. The average Bonchev–Trinajstić information content (AvgIpc) is 2.62. The van der Waals surface area contributed by atoms with Gasteiger partial charge in [0, 0.05) is 5.69 Å². The van der Waals surface area contributed by atoms with Gasteiger partial charge in [0.05, 0.1) is 11.0 Å². The van der Waals surface area contributed by atoms with E-state index in [1.54, 1.807) is 6.07 Å². The number of para-hydroxylation sites is 1. The summed E-state index contributed by atoms with van der Waals surface area (Å²) in [5, 5.41) is 21.8. The summed E-state index contributed by atoms with van der Waals surface area (Å²) in [7, 11) is -5.75. The third-order valence-corrected chi connectivity index (χ3v) is 6.66. The van der Waals surface area contributed by atoms with E-state index >= 15 is 0 Å². The lowest BCUT2D eigenvalue weighted by molar-refractivity contribution is -0.192. The highest BCUT2D eigenvalue weighted by Gasteiger charge is 2.76. The Balaban J connectivity index is 2.70. The third-order valence-electron chi connectivity index (χ3n) is 4.24. The van der Waals surface area contributed by atoms with Gasteiger partial charge in [-0.25, -0.2) is 12.8 Å². The van der Waals surface area contributed by atoms with Crippen molar-refractivity contribution in [2.75, 3.05) is 5.32 Å². The largest absolute Gasteiger partial charge is 0.425 e. The van der Waals surface area contributed by atoms with Gasteiger partial charge in [0.25, 0.3) is 10.7 Å². The van der Waals surface area contributed by atoms with Crippen LogP contribution in [0.5, 0.6) is 0 Å². The molecule has 6 nitrogen and oxygen atoms in total. The summed E-state index contributed by atoms with van der Waals surface area (Å²) in [5.41, 5.74) is -3.81. The number of carbonyl (C=O) groups excluding carboxylic acids is 1. The third kappa shape index (κ3) is 3.56. The maximum atomic E-state index is 14.0. The molecule has 1 amide bonds. The molecule has 154 valence electrons. The van der Waals surface area contributed by atoms with Gasteiger partial charge in [0.2, 0.25) is 9.84 Å². The van der Waals surface area contributed by atoms with Crippen LogP contribution in [0.3, 0.4) is 0 Å². The number of halogens is 4. The molecular formula is C18H14F4N2O4S. The Morgan fingerprint density at radius 1 is 1.07 bits per heavy atom. The molecule has 2 atom stereocenters. The summed E-state index contributed by atoms with van der Waals surface area (Å²) in [4.78, 5) is 11.4. The minimum Gasteiger partial charge on any atom is -0.377 e. The van der Waals surface area contributed by atoms with E-state index in [2.05, 4.69) is 0 Å². The number of alkyl halides is 3. The van der Waals surface area contributed by atoms with Crippen LogP contribution in [0.2, 0.25) is 0 Å². The van der Waals surface area contributed by atoms with Crippen molar-refractivity contribution < 1.29 is 35.9 Å². The van der Waals surface area contributed by atoms with Crippen molar-refractivity contribution in [3.63, 3.8) is 0 Å². The molecule has 2 aromatic rings. The van der Waals surface area contributed by atoms with Crippen molar-refractivity contribution in [2.45, 2.75) is 28.3 Å². The van der Waals surface area contributed by atoms with Crippen LogP contribution < -0.4 is 5.32 Å². The molecule has 0 radical (unpaired) electrons. The highest BCUT2D eigenvalue weighted by Crippen LogP contribution is 2.47. The quantitative estimate of drug-likeness (QED) is 0.560. The number of hydrogen-bond donors (Lipinski definition) is 2. The van der Waals surface area contributed by atoms with E-state index < -0.39 is 43.0 Å². The molecule has 29 heavy (non-hydrogen) atoms. The lowest BCUT2D eigenvalue weighted by Gasteiger charge is -2.39. The minimum absolute atomic E-state index is 0.0361. The Morgan fingerprint density at radius 2 is 1.59 bits per heavy atom. The second kappa shape index (κ2) is 7.46. The molecule has 0 saturated heterocycles. The Hall–Kier alpha value is -2.97. The van der Waals surface area contributed by atoms with Crippen molar-refractivity contribution in [2.24, 2.45) is 0 Å². The highest BCUT2D eigenvalue weighted by atomic mass is 32.2. The number of rotatable bonds is 5. The van der Waals surface area contributed by atoms with Crippen LogP contribution in [-0.2, 0) is 14.6 Å². The molecule has 0 spiro atoms. The number of benzene rings is 2. The number of nitrogens with one attached hydrogen (secondary N) is 1. The number of anilines is 1. The fourth-order valence-corrected chi connectivity index (χ4v) is 4.54. The van der Waals surface area contributed by atoms with E-state index in [4.69, 9.17) is 0 Å². The van der Waals surface area contributed by atoms with Crippen molar-refractivity contribution in [3.05, 3.63) is 60.4 Å². The Morgan fingerprint density at radius 3 is 2.03 bits per heavy atom. The molecule has 0 saturated carbocycles. The molecule has 2 unspecified atom stereocenters. The number of hydrogen-bond acceptors (Lipinski definition) is 5. The molecule has 0 heterocycles. The van der Waals surface area contributed by atoms with Gasteiger partial charge in [-0.15, -0.1) is 0 Å². The molecule has 2 rings (SSSR count). The van der Waals surface area contributed by atoms with Crippen molar-refractivity contribution in [1.29, 1.82) is 5.26 Å². The maximum absolute atomic E-state index is 14.0. The van der Waals surface area contributed by atoms with Gasteiger partial charge < -0.3 is 10.4 Å². The first-order valence-electron chi connectivity index (χ1n) is 7.88. The summed E-state index contributed by atoms with van der Waals surface area (Å²) in [5.74, 6) is -2.71. The van der Waals surface area contributed by atoms with E-state index in [0.29, 0.717) is 30.3 Å². The zero-order valence-electron chi connectivity index (χ0n) is 14.7. The molecule has 0 bridgehead atoms. The number of nitrogens with zero attached hydrogens (tertiary/aromatic N) is 1. The van der Waals surface area contributed by atoms with Crippen LogP contribution in [0.4, 0.5) is 23.2 Å². The van der Waals surface area contributed by atoms with E-state index in [0.717, 1.165) is 0 Å². The fraction of sp³-hybridized carbons (Fsp3) is 0.222. The van der Waals surface area contributed by atoms with Crippen LogP contribution in [0.15, 0.2) is 59.5 Å². The Labute approximate surface area is 163 Å². The molecule has 11 heteroatoms. The van der Waals surface area contributed by atoms with Crippen LogP contribution in [0.1, 0.15) is 6.92 Å². The predicted octanol–water partition coefficient (Wildman–Crippen LogP) is 2.81. The summed E-state index contributed by atoms with van der Waals surface area (Å²) in [6, 6.07) is 9.73. The number of aliphatic hydroxyl groups is 1. The van der Waals surface area contributed by atoms with Gasteiger partial charge in [-0.05, 0) is 43.3 Å². The summed E-state index contributed by atoms with van der Waals surface area (Å²) in [6.07, 6.45) is -5.90. The van der Waals surface area contributed by atoms with Crippen LogP contribution >= 0.6 is 0 Å². The molecule has 0 aromatic heterocycles. The maximum Gasteiger partial charge on any atom is 0.425 e. The van der Waals surface area contributed by atoms with E-state index in [-0.39, 0.29) is 12.6 Å². The second-order valence-corrected chi connectivity index (χ2v) is 8.23. The van der Waals surface area contributed by atoms with Gasteiger partial charge in [-0.1, -0.05) is 18.2 Å². The standard InChI is InChI=1S/C18H14F4N2O4S/c1-16(26,15(25)24-13-5-3-2-4-6-13)17(11-23,18(20,21)22)29(27,28)14-9-7-12(19)8-10-14/h2-10,26H,1H3,(H,24,25). The molecule has 0 fully saturated rings. The molecular weight excluding hydrogens is 416 g/mol. The zero-order chi connectivity index (χ0) is 22.1. The van der Waals surface area contributed by atoms with E-state index in [9.17, 15) is 41.1 Å². The SMILES string of the molecule is CC(O)(C(=O)Nc1ccccc1)C(C#N)(C(F)(F)F)S(=O)(=O)c1ccc(F)cc1. The first-order valence-corrected chi connectivity index (χ1v) is 9.36. The number of amides is 1. The van der Waals surface area contributed by atoms with E-state index in [1.807, 2.05) is 5.32 Å². The first-order chi connectivity index (χ1) is 13.3. The van der Waals surface area contributed by atoms with Gasteiger partial charge >= 0.3 is 6.18 Å². The lowest BCUT2D eigenvalue weighted by Crippen LogP contribution is -2.69. The second-order valence-electron chi connectivity index (χ2n) is 6.14. The van der Waals surface area contributed by atoms with Gasteiger partial charge in [-0.2, -0.15) is 18.4 Å². The lowest BCUT2D eigenvalue weighted by atomic mass is 9.87. The molecule has 0 aliphatic heterocycles. The number of nitriles is 1. The average molecular weight is 430 g/mol. The van der Waals surface area contributed by atoms with Crippen LogP contribution in [0.25, 0.3) is 0 Å². The smallest absolute Gasteiger partial charge is 0.377 e. The normalized spacial score (nSPS) is 16.2. The molecule has 2 N–H and O–H groups in total. The fourth-order valence-electron chi connectivity index (χ4n) is 2.65. The topological polar surface area (TPSA) is 107 Å². The van der Waals surface area contributed by atoms with Crippen LogP contribution in [-0.4, -0.2) is 36.0 Å². The predicted molar refractivity (Wildman–Crippen MR) is 93.7 cm³/mol. The van der Waals surface area contributed by atoms with Crippen molar-refractivity contribution in [1.82, 2.24) is 0 Å². The van der Waals surface area contributed by atoms with Gasteiger partial charge in [0.1, 0.15) is 5.82 Å². The van der Waals surface area contributed by atoms with Crippen molar-refractivity contribution >= 4 is 21.4 Å². The van der Waals surface area contributed by atoms with Gasteiger partial charge in [-0.3, -0.25) is 4.79 Å². The summed E-state index contributed by atoms with van der Waals surface area (Å²) in [6.45, 7) is 0.281. The molecule has 0 aliphatic rings. The number of carbonyl (C=O) groups is 1. The Bertz CT molecular complexity index is 1050. The number of sulfone groups is 1. The molecule has 0 aliphatic carbocycles. The highest BCUT2D eigenvalue weighted by molar-refractivity contribution is 7.93. The summed E-state index contributed by atoms with van der Waals surface area (Å²) < 4.78 is 76.2. The zero-order valence-corrected chi connectivity index (χ0v) is 15.6. The first kappa shape index (κ1) is 22.3. The van der Waals surface area contributed by atoms with Crippen LogP contribution in [0, 0.1) is 17.1 Å². The summed E-state index contributed by atoms with van der Waals surface area (Å²) >= 11 is 0. The van der Waals surface area contributed by atoms with Crippen molar-refractivity contribution in [3.8, 4) is 6.07 Å². The monoisotopic (exact) mass is 430 g/mol. The van der Waals surface area contributed by atoms with E-state index in [1.165, 1.54) is 24.3 Å². The minimum atomic E-state index is -5.90.